The highest BCUT2D eigenvalue weighted by atomic mass is 32.2. The summed E-state index contributed by atoms with van der Waals surface area (Å²) in [6.45, 7) is 1.38. The number of aryl methyl sites for hydroxylation is 1. The Labute approximate surface area is 228 Å². The number of imidazole rings is 1. The van der Waals surface area contributed by atoms with Gasteiger partial charge in [-0.05, 0) is 36.1 Å². The highest BCUT2D eigenvalue weighted by molar-refractivity contribution is 7.91. The summed E-state index contributed by atoms with van der Waals surface area (Å²) in [5.74, 6) is -5.72. The van der Waals surface area contributed by atoms with Crippen LogP contribution in [0, 0.1) is 0 Å². The third kappa shape index (κ3) is 4.64. The Morgan fingerprint density at radius 2 is 1.59 bits per heavy atom. The Morgan fingerprint density at radius 1 is 0.951 bits per heavy atom. The summed E-state index contributed by atoms with van der Waals surface area (Å²) < 4.78 is 121. The van der Waals surface area contributed by atoms with Crippen molar-refractivity contribution in [2.75, 3.05) is 5.75 Å². The third-order valence-corrected chi connectivity index (χ3v) is 9.06. The number of aliphatic hydroxyl groups is 1. The van der Waals surface area contributed by atoms with E-state index in [0.717, 1.165) is 6.20 Å². The number of pyridine rings is 2. The van der Waals surface area contributed by atoms with Crippen molar-refractivity contribution in [1.82, 2.24) is 19.5 Å². The van der Waals surface area contributed by atoms with Gasteiger partial charge in [-0.25, -0.2) is 13.4 Å². The van der Waals surface area contributed by atoms with Crippen LogP contribution in [0.4, 0.5) is 30.7 Å². The Bertz CT molecular complexity index is 1760. The predicted octanol–water partition coefficient (Wildman–Crippen LogP) is 5.76. The van der Waals surface area contributed by atoms with E-state index in [1.165, 1.54) is 55.1 Å². The number of alkyl halides is 7. The maximum absolute atomic E-state index is 13.9. The van der Waals surface area contributed by atoms with E-state index in [1.54, 1.807) is 0 Å². The summed E-state index contributed by atoms with van der Waals surface area (Å²) in [5.41, 5.74) is -2.67. The van der Waals surface area contributed by atoms with Gasteiger partial charge in [0, 0.05) is 18.8 Å². The minimum atomic E-state index is -5.89. The fourth-order valence-electron chi connectivity index (χ4n) is 4.65. The quantitative estimate of drug-likeness (QED) is 0.270. The van der Waals surface area contributed by atoms with Gasteiger partial charge in [0.25, 0.3) is 0 Å². The number of sulfone groups is 1. The van der Waals surface area contributed by atoms with Gasteiger partial charge in [-0.1, -0.05) is 31.2 Å². The number of hydrogen-bond donors (Lipinski definition) is 1. The number of nitrogens with zero attached hydrogens (tertiary/aromatic N) is 4. The molecular weight excluding hydrogens is 581 g/mol. The molecule has 0 aliphatic heterocycles. The molecule has 1 fully saturated rings. The monoisotopic (exact) mass is 602 g/mol. The van der Waals surface area contributed by atoms with Crippen molar-refractivity contribution < 1.29 is 44.3 Å². The lowest BCUT2D eigenvalue weighted by Gasteiger charge is -2.21. The molecule has 7 nitrogen and oxygen atoms in total. The van der Waals surface area contributed by atoms with E-state index in [4.69, 9.17) is 0 Å². The molecule has 0 amide bonds. The smallest absolute Gasteiger partial charge is 0.336 e. The Morgan fingerprint density at radius 3 is 2.12 bits per heavy atom. The molecule has 0 radical (unpaired) electrons. The van der Waals surface area contributed by atoms with Crippen molar-refractivity contribution in [3.63, 3.8) is 0 Å². The second-order valence-electron chi connectivity index (χ2n) is 9.80. The van der Waals surface area contributed by atoms with Crippen molar-refractivity contribution in [2.24, 2.45) is 7.05 Å². The molecule has 218 valence electrons. The summed E-state index contributed by atoms with van der Waals surface area (Å²) in [6.07, 6.45) is -7.49. The molecular formula is C26H21F7N4O3S. The molecule has 0 atom stereocenters. The minimum Gasteiger partial charge on any atom is -0.336 e. The second-order valence-corrected chi connectivity index (χ2v) is 12.0. The second kappa shape index (κ2) is 9.21. The van der Waals surface area contributed by atoms with Gasteiger partial charge in [-0.15, -0.1) is 0 Å². The van der Waals surface area contributed by atoms with Crippen LogP contribution in [0.25, 0.3) is 33.7 Å². The van der Waals surface area contributed by atoms with Gasteiger partial charge in [0.15, 0.2) is 15.7 Å². The summed E-state index contributed by atoms with van der Waals surface area (Å²) in [4.78, 5) is 11.4. The zero-order chi connectivity index (χ0) is 30.2. The van der Waals surface area contributed by atoms with Gasteiger partial charge in [-0.2, -0.15) is 30.7 Å². The maximum Gasteiger partial charge on any atom is 0.459 e. The third-order valence-electron chi connectivity index (χ3n) is 7.32. The zero-order valence-electron chi connectivity index (χ0n) is 21.3. The van der Waals surface area contributed by atoms with E-state index < -0.39 is 39.2 Å². The lowest BCUT2D eigenvalue weighted by Crippen LogP contribution is -2.34. The highest BCUT2D eigenvalue weighted by Crippen LogP contribution is 2.57. The molecule has 15 heteroatoms. The average molecular weight is 603 g/mol. The first-order valence-corrected chi connectivity index (χ1v) is 13.8. The normalized spacial score (nSPS) is 15.9. The van der Waals surface area contributed by atoms with Gasteiger partial charge in [0.05, 0.1) is 33.3 Å². The first kappa shape index (κ1) is 28.9. The summed E-state index contributed by atoms with van der Waals surface area (Å²) in [6, 6.07) is 7.60. The van der Waals surface area contributed by atoms with Crippen molar-refractivity contribution in [3.05, 3.63) is 60.0 Å². The molecule has 3 heterocycles. The average Bonchev–Trinajstić information content (AvgIpc) is 3.67. The Hall–Kier alpha value is -3.59. The Kier molecular flexibility index (Phi) is 6.50. The molecule has 0 saturated heterocycles. The van der Waals surface area contributed by atoms with E-state index in [-0.39, 0.29) is 51.6 Å². The number of rotatable bonds is 7. The molecule has 5 rings (SSSR count). The number of halogens is 7. The zero-order valence-corrected chi connectivity index (χ0v) is 22.2. The first-order chi connectivity index (χ1) is 18.9. The van der Waals surface area contributed by atoms with Crippen LogP contribution in [0.2, 0.25) is 0 Å². The van der Waals surface area contributed by atoms with E-state index in [1.807, 2.05) is 0 Å². The molecule has 41 heavy (non-hydrogen) atoms. The van der Waals surface area contributed by atoms with E-state index in [9.17, 15) is 44.3 Å². The Balaban J connectivity index is 1.60. The number of fused-ring (bicyclic) bond motifs is 1. The van der Waals surface area contributed by atoms with E-state index in [2.05, 4.69) is 15.0 Å². The van der Waals surface area contributed by atoms with Crippen LogP contribution in [0.1, 0.15) is 31.0 Å². The summed E-state index contributed by atoms with van der Waals surface area (Å²) in [7, 11) is -2.59. The van der Waals surface area contributed by atoms with Gasteiger partial charge in [-0.3, -0.25) is 9.97 Å². The van der Waals surface area contributed by atoms with Crippen LogP contribution in [0.5, 0.6) is 0 Å². The number of benzene rings is 1. The number of hydrogen-bond acceptors (Lipinski definition) is 6. The largest absolute Gasteiger partial charge is 0.459 e. The van der Waals surface area contributed by atoms with Crippen LogP contribution in [-0.4, -0.2) is 51.1 Å². The van der Waals surface area contributed by atoms with Gasteiger partial charge >= 0.3 is 18.2 Å². The van der Waals surface area contributed by atoms with Crippen molar-refractivity contribution in [2.45, 2.75) is 48.3 Å². The SMILES string of the molecule is CCS(=O)(=O)c1cc(-c2ccc(C3(C(O)(F)F)CC3)cc2)cnc1-c1nc2cc(C(F)(F)C(F)(F)F)ncc2n1C. The predicted molar refractivity (Wildman–Crippen MR) is 133 cm³/mol. The van der Waals surface area contributed by atoms with Gasteiger partial charge in [0.1, 0.15) is 11.4 Å². The van der Waals surface area contributed by atoms with Crippen molar-refractivity contribution >= 4 is 20.9 Å². The fourth-order valence-corrected chi connectivity index (χ4v) is 5.71. The molecule has 1 saturated carbocycles. The molecule has 0 unspecified atom stereocenters. The lowest BCUT2D eigenvalue weighted by molar-refractivity contribution is -0.290. The molecule has 0 spiro atoms. The van der Waals surface area contributed by atoms with E-state index >= 15 is 0 Å². The van der Waals surface area contributed by atoms with Gasteiger partial charge < -0.3 is 9.67 Å². The molecule has 1 aliphatic rings. The topological polar surface area (TPSA) is 98.0 Å². The summed E-state index contributed by atoms with van der Waals surface area (Å²) >= 11 is 0. The first-order valence-electron chi connectivity index (χ1n) is 12.1. The van der Waals surface area contributed by atoms with Crippen LogP contribution in [0.3, 0.4) is 0 Å². The standard InChI is InChI=1S/C26H21F7N4O3S/c1-3-41(39,40)19-10-15(14-4-6-16(7-5-14)23(8-9-23)26(32,33)38)12-35-21(19)22-36-17-11-20(24(27,28)25(29,30)31)34-13-18(17)37(22)2/h4-7,10-13,38H,3,8-9H2,1-2H3. The fraction of sp³-hybridized carbons (Fsp3) is 0.346. The highest BCUT2D eigenvalue weighted by Gasteiger charge is 2.62. The number of aromatic nitrogens is 4. The maximum atomic E-state index is 13.9. The molecule has 0 bridgehead atoms. The van der Waals surface area contributed by atoms with Crippen LogP contribution in [-0.2, 0) is 28.2 Å². The van der Waals surface area contributed by atoms with Crippen LogP contribution >= 0.6 is 0 Å². The van der Waals surface area contributed by atoms with Gasteiger partial charge in [0.2, 0.25) is 0 Å². The molecule has 1 aliphatic carbocycles. The van der Waals surface area contributed by atoms with Crippen molar-refractivity contribution in [1.29, 1.82) is 0 Å². The lowest BCUT2D eigenvalue weighted by atomic mass is 9.93. The van der Waals surface area contributed by atoms with E-state index in [0.29, 0.717) is 17.2 Å². The summed E-state index contributed by atoms with van der Waals surface area (Å²) in [5, 5.41) is 9.30. The molecule has 1 N–H and O–H groups in total. The van der Waals surface area contributed by atoms with Crippen molar-refractivity contribution in [3.8, 4) is 22.6 Å². The molecule has 4 aromatic rings. The molecule has 3 aromatic heterocycles. The minimum absolute atomic E-state index is 0.0535. The van der Waals surface area contributed by atoms with Crippen LogP contribution in [0.15, 0.2) is 53.7 Å². The molecule has 1 aromatic carbocycles. The van der Waals surface area contributed by atoms with Crippen LogP contribution < -0.4 is 0 Å².